The van der Waals surface area contributed by atoms with Crippen molar-refractivity contribution in [1.82, 2.24) is 4.98 Å². The molecule has 0 atom stereocenters. The number of thiazole rings is 1. The van der Waals surface area contributed by atoms with E-state index in [-0.39, 0.29) is 0 Å². The van der Waals surface area contributed by atoms with Gasteiger partial charge in [0.2, 0.25) is 0 Å². The van der Waals surface area contributed by atoms with E-state index < -0.39 is 0 Å². The van der Waals surface area contributed by atoms with Crippen molar-refractivity contribution in [3.63, 3.8) is 0 Å². The van der Waals surface area contributed by atoms with Crippen molar-refractivity contribution < 1.29 is 0 Å². The first kappa shape index (κ1) is 12.6. The zero-order chi connectivity index (χ0) is 12.7. The van der Waals surface area contributed by atoms with Gasteiger partial charge in [-0.25, -0.2) is 4.98 Å². The summed E-state index contributed by atoms with van der Waals surface area (Å²) < 4.78 is 0.902. The van der Waals surface area contributed by atoms with Gasteiger partial charge < -0.3 is 5.73 Å². The van der Waals surface area contributed by atoms with Crippen LogP contribution in [0.2, 0.25) is 5.02 Å². The Hall–Kier alpha value is -0.420. The Morgan fingerprint density at radius 2 is 2.22 bits per heavy atom. The molecule has 1 aromatic heterocycles. The molecule has 0 bridgehead atoms. The molecule has 0 unspecified atom stereocenters. The van der Waals surface area contributed by atoms with Crippen molar-refractivity contribution >= 4 is 38.9 Å². The summed E-state index contributed by atoms with van der Waals surface area (Å²) in [4.78, 5) is 5.98. The number of hydrogen-bond donors (Lipinski definition) is 1. The SMILES string of the molecule is NCc1sc(-c2ccc(Cl)c(Br)c2)nc1C1CC1. The number of hydrogen-bond acceptors (Lipinski definition) is 3. The van der Waals surface area contributed by atoms with Gasteiger partial charge in [-0.1, -0.05) is 17.7 Å². The highest BCUT2D eigenvalue weighted by atomic mass is 79.9. The molecule has 2 N–H and O–H groups in total. The van der Waals surface area contributed by atoms with Crippen LogP contribution in [0.3, 0.4) is 0 Å². The predicted octanol–water partition coefficient (Wildman–Crippen LogP) is 4.56. The van der Waals surface area contributed by atoms with Crippen LogP contribution in [0.5, 0.6) is 0 Å². The molecule has 0 saturated heterocycles. The Balaban J connectivity index is 2.02. The van der Waals surface area contributed by atoms with Crippen molar-refractivity contribution in [2.45, 2.75) is 25.3 Å². The van der Waals surface area contributed by atoms with Gasteiger partial charge in [0.25, 0.3) is 0 Å². The Morgan fingerprint density at radius 1 is 1.44 bits per heavy atom. The second-order valence-electron chi connectivity index (χ2n) is 4.43. The molecule has 1 aliphatic carbocycles. The molecule has 0 amide bonds. The molecule has 1 fully saturated rings. The Labute approximate surface area is 123 Å². The zero-order valence-electron chi connectivity index (χ0n) is 9.62. The van der Waals surface area contributed by atoms with Crippen LogP contribution in [-0.2, 0) is 6.54 Å². The number of nitrogens with two attached hydrogens (primary N) is 1. The minimum atomic E-state index is 0.582. The van der Waals surface area contributed by atoms with E-state index in [0.717, 1.165) is 20.1 Å². The maximum absolute atomic E-state index is 6.01. The summed E-state index contributed by atoms with van der Waals surface area (Å²) >= 11 is 11.2. The highest BCUT2D eigenvalue weighted by molar-refractivity contribution is 9.10. The molecule has 18 heavy (non-hydrogen) atoms. The van der Waals surface area contributed by atoms with E-state index in [1.54, 1.807) is 11.3 Å². The van der Waals surface area contributed by atoms with Crippen LogP contribution in [0, 0.1) is 0 Å². The van der Waals surface area contributed by atoms with Crippen LogP contribution in [0.25, 0.3) is 10.6 Å². The molecule has 2 aromatic rings. The van der Waals surface area contributed by atoms with Crippen molar-refractivity contribution in [1.29, 1.82) is 0 Å². The smallest absolute Gasteiger partial charge is 0.123 e. The molecule has 1 aromatic carbocycles. The molecule has 1 saturated carbocycles. The fourth-order valence-electron chi connectivity index (χ4n) is 1.94. The lowest BCUT2D eigenvalue weighted by atomic mass is 10.2. The molecule has 3 rings (SSSR count). The van der Waals surface area contributed by atoms with Gasteiger partial charge in [-0.3, -0.25) is 0 Å². The average molecular weight is 344 g/mol. The fraction of sp³-hybridized carbons (Fsp3) is 0.308. The molecule has 1 heterocycles. The van der Waals surface area contributed by atoms with Gasteiger partial charge in [0.05, 0.1) is 10.7 Å². The van der Waals surface area contributed by atoms with Crippen molar-refractivity contribution in [3.05, 3.63) is 38.3 Å². The van der Waals surface area contributed by atoms with E-state index in [1.807, 2.05) is 18.2 Å². The largest absolute Gasteiger partial charge is 0.326 e. The fourth-order valence-corrected chi connectivity index (χ4v) is 3.46. The predicted molar refractivity (Wildman–Crippen MR) is 80.1 cm³/mol. The van der Waals surface area contributed by atoms with Crippen molar-refractivity contribution in [2.75, 3.05) is 0 Å². The van der Waals surface area contributed by atoms with Crippen LogP contribution in [0.4, 0.5) is 0 Å². The lowest BCUT2D eigenvalue weighted by molar-refractivity contribution is 0.980. The van der Waals surface area contributed by atoms with Crippen LogP contribution in [0.15, 0.2) is 22.7 Å². The second kappa shape index (κ2) is 4.93. The molecular formula is C13H12BrClN2S. The number of halogens is 2. The first-order valence-electron chi connectivity index (χ1n) is 5.84. The number of benzene rings is 1. The molecule has 5 heteroatoms. The standard InChI is InChI=1S/C13H12BrClN2S/c14-9-5-8(3-4-10(9)15)13-17-12(7-1-2-7)11(6-16)18-13/h3-5,7H,1-2,6,16H2. The minimum absolute atomic E-state index is 0.582. The third-order valence-corrected chi connectivity index (χ3v) is 5.40. The van der Waals surface area contributed by atoms with E-state index in [0.29, 0.717) is 12.5 Å². The molecule has 0 radical (unpaired) electrons. The molecule has 2 nitrogen and oxygen atoms in total. The van der Waals surface area contributed by atoms with Crippen molar-refractivity contribution in [3.8, 4) is 10.6 Å². The zero-order valence-corrected chi connectivity index (χ0v) is 12.8. The maximum Gasteiger partial charge on any atom is 0.123 e. The van der Waals surface area contributed by atoms with E-state index in [1.165, 1.54) is 23.4 Å². The number of aromatic nitrogens is 1. The summed E-state index contributed by atoms with van der Waals surface area (Å²) in [5.41, 5.74) is 8.11. The van der Waals surface area contributed by atoms with Gasteiger partial charge in [0.1, 0.15) is 5.01 Å². The average Bonchev–Trinajstić information content (AvgIpc) is 3.12. The summed E-state index contributed by atoms with van der Waals surface area (Å²) in [6, 6.07) is 5.91. The van der Waals surface area contributed by atoms with E-state index in [2.05, 4.69) is 15.9 Å². The number of nitrogens with zero attached hydrogens (tertiary/aromatic N) is 1. The van der Waals surface area contributed by atoms with Gasteiger partial charge in [0, 0.05) is 27.4 Å². The first-order chi connectivity index (χ1) is 8.69. The Bertz CT molecular complexity index is 593. The van der Waals surface area contributed by atoms with Gasteiger partial charge in [0.15, 0.2) is 0 Å². The minimum Gasteiger partial charge on any atom is -0.326 e. The Morgan fingerprint density at radius 3 is 2.83 bits per heavy atom. The monoisotopic (exact) mass is 342 g/mol. The van der Waals surface area contributed by atoms with Crippen molar-refractivity contribution in [2.24, 2.45) is 5.73 Å². The van der Waals surface area contributed by atoms with E-state index in [4.69, 9.17) is 22.3 Å². The molecule has 0 aliphatic heterocycles. The highest BCUT2D eigenvalue weighted by Gasteiger charge is 2.29. The van der Waals surface area contributed by atoms with E-state index in [9.17, 15) is 0 Å². The van der Waals surface area contributed by atoms with Crippen LogP contribution in [0.1, 0.15) is 29.3 Å². The van der Waals surface area contributed by atoms with Crippen LogP contribution < -0.4 is 5.73 Å². The molecular weight excluding hydrogens is 332 g/mol. The first-order valence-corrected chi connectivity index (χ1v) is 7.83. The van der Waals surface area contributed by atoms with Crippen LogP contribution >= 0.6 is 38.9 Å². The lowest BCUT2D eigenvalue weighted by Crippen LogP contribution is -1.96. The summed E-state index contributed by atoms with van der Waals surface area (Å²) in [5, 5.41) is 1.76. The summed E-state index contributed by atoms with van der Waals surface area (Å²) in [7, 11) is 0. The van der Waals surface area contributed by atoms with E-state index >= 15 is 0 Å². The normalized spacial score (nSPS) is 15.1. The Kier molecular flexibility index (Phi) is 3.45. The van der Waals surface area contributed by atoms with Crippen LogP contribution in [-0.4, -0.2) is 4.98 Å². The second-order valence-corrected chi connectivity index (χ2v) is 6.78. The molecule has 0 spiro atoms. The molecule has 1 aliphatic rings. The summed E-state index contributed by atoms with van der Waals surface area (Å²) in [6.07, 6.45) is 2.50. The van der Waals surface area contributed by atoms with Gasteiger partial charge >= 0.3 is 0 Å². The topological polar surface area (TPSA) is 38.9 Å². The summed E-state index contributed by atoms with van der Waals surface area (Å²) in [6.45, 7) is 0.582. The number of rotatable bonds is 3. The van der Waals surface area contributed by atoms with Gasteiger partial charge in [-0.2, -0.15) is 0 Å². The molecule has 94 valence electrons. The summed E-state index contributed by atoms with van der Waals surface area (Å²) in [5.74, 6) is 0.643. The van der Waals surface area contributed by atoms with Gasteiger partial charge in [-0.05, 0) is 40.9 Å². The van der Waals surface area contributed by atoms with Gasteiger partial charge in [-0.15, -0.1) is 11.3 Å². The third kappa shape index (κ3) is 2.35. The highest BCUT2D eigenvalue weighted by Crippen LogP contribution is 2.44. The maximum atomic E-state index is 6.01. The third-order valence-electron chi connectivity index (χ3n) is 3.04. The lowest BCUT2D eigenvalue weighted by Gasteiger charge is -1.99. The quantitative estimate of drug-likeness (QED) is 0.887.